The molecular formula is C24H24S. The van der Waals surface area contributed by atoms with Crippen molar-refractivity contribution in [1.82, 2.24) is 0 Å². The number of hydrogen-bond donors (Lipinski definition) is 0. The van der Waals surface area contributed by atoms with Gasteiger partial charge in [-0.05, 0) is 52.8 Å². The Kier molecular flexibility index (Phi) is 4.67. The van der Waals surface area contributed by atoms with E-state index in [2.05, 4.69) is 80.6 Å². The molecule has 3 aromatic rings. The van der Waals surface area contributed by atoms with Crippen LogP contribution < -0.4 is 0 Å². The van der Waals surface area contributed by atoms with E-state index in [1.54, 1.807) is 0 Å². The Morgan fingerprint density at radius 1 is 0.840 bits per heavy atom. The first-order chi connectivity index (χ1) is 12.2. The summed E-state index contributed by atoms with van der Waals surface area (Å²) in [6, 6.07) is 25.0. The van der Waals surface area contributed by atoms with E-state index in [0.29, 0.717) is 5.92 Å². The van der Waals surface area contributed by atoms with Gasteiger partial charge in [-0.1, -0.05) is 86.6 Å². The van der Waals surface area contributed by atoms with Crippen LogP contribution in [0.25, 0.3) is 0 Å². The van der Waals surface area contributed by atoms with Crippen molar-refractivity contribution >= 4 is 11.8 Å². The van der Waals surface area contributed by atoms with Crippen LogP contribution in [-0.2, 0) is 12.8 Å². The van der Waals surface area contributed by atoms with Crippen molar-refractivity contribution in [2.24, 2.45) is 0 Å². The zero-order chi connectivity index (χ0) is 17.2. The van der Waals surface area contributed by atoms with Crippen molar-refractivity contribution in [2.45, 2.75) is 48.8 Å². The molecule has 0 amide bonds. The molecule has 1 heterocycles. The fourth-order valence-electron chi connectivity index (χ4n) is 3.63. The second-order valence-electron chi connectivity index (χ2n) is 6.97. The van der Waals surface area contributed by atoms with E-state index in [1.165, 1.54) is 50.4 Å². The number of aryl methyl sites for hydroxylation is 1. The molecule has 1 unspecified atom stereocenters. The van der Waals surface area contributed by atoms with Crippen LogP contribution in [0, 0.1) is 0 Å². The SMILES string of the molecule is CCCc1ccc(C(C)c2ccc3c(c2)Cc2ccccc2S3)cc1. The van der Waals surface area contributed by atoms with Gasteiger partial charge in [-0.2, -0.15) is 0 Å². The molecule has 0 saturated carbocycles. The minimum atomic E-state index is 0.433. The molecule has 3 aromatic carbocycles. The normalized spacial score (nSPS) is 13.8. The Balaban J connectivity index is 1.60. The average molecular weight is 345 g/mol. The van der Waals surface area contributed by atoms with Gasteiger partial charge in [-0.3, -0.25) is 0 Å². The highest BCUT2D eigenvalue weighted by molar-refractivity contribution is 7.99. The first-order valence-corrected chi connectivity index (χ1v) is 10.0. The quantitative estimate of drug-likeness (QED) is 0.390. The van der Waals surface area contributed by atoms with E-state index in [-0.39, 0.29) is 0 Å². The highest BCUT2D eigenvalue weighted by atomic mass is 32.2. The second-order valence-corrected chi connectivity index (χ2v) is 8.05. The zero-order valence-electron chi connectivity index (χ0n) is 15.0. The number of hydrogen-bond acceptors (Lipinski definition) is 1. The number of rotatable bonds is 4. The fourth-order valence-corrected chi connectivity index (χ4v) is 4.69. The molecule has 0 bridgehead atoms. The van der Waals surface area contributed by atoms with Gasteiger partial charge in [0.15, 0.2) is 0 Å². The molecule has 1 heteroatoms. The monoisotopic (exact) mass is 344 g/mol. The Morgan fingerprint density at radius 3 is 2.36 bits per heavy atom. The highest BCUT2D eigenvalue weighted by Crippen LogP contribution is 2.40. The van der Waals surface area contributed by atoms with E-state index in [4.69, 9.17) is 0 Å². The molecule has 0 saturated heterocycles. The van der Waals surface area contributed by atoms with E-state index in [1.807, 2.05) is 11.8 Å². The lowest BCUT2D eigenvalue weighted by atomic mass is 9.90. The third kappa shape index (κ3) is 3.39. The summed E-state index contributed by atoms with van der Waals surface area (Å²) < 4.78 is 0. The van der Waals surface area contributed by atoms with Gasteiger partial charge in [0.05, 0.1) is 0 Å². The van der Waals surface area contributed by atoms with Crippen molar-refractivity contribution in [3.05, 3.63) is 94.5 Å². The maximum absolute atomic E-state index is 2.42. The summed E-state index contributed by atoms with van der Waals surface area (Å²) in [5, 5.41) is 0. The minimum absolute atomic E-state index is 0.433. The Labute approximate surface area is 155 Å². The molecule has 0 fully saturated rings. The second kappa shape index (κ2) is 7.09. The molecule has 0 aromatic heterocycles. The third-order valence-electron chi connectivity index (χ3n) is 5.18. The Bertz CT molecular complexity index is 877. The van der Waals surface area contributed by atoms with Crippen molar-refractivity contribution < 1.29 is 0 Å². The summed E-state index contributed by atoms with van der Waals surface area (Å²) >= 11 is 1.91. The van der Waals surface area contributed by atoms with E-state index in [9.17, 15) is 0 Å². The molecule has 4 rings (SSSR count). The largest absolute Gasteiger partial charge is 0.0895 e. The third-order valence-corrected chi connectivity index (χ3v) is 6.41. The molecule has 0 radical (unpaired) electrons. The first-order valence-electron chi connectivity index (χ1n) is 9.22. The first kappa shape index (κ1) is 16.5. The van der Waals surface area contributed by atoms with Crippen molar-refractivity contribution in [2.75, 3.05) is 0 Å². The highest BCUT2D eigenvalue weighted by Gasteiger charge is 2.17. The van der Waals surface area contributed by atoms with Gasteiger partial charge >= 0.3 is 0 Å². The van der Waals surface area contributed by atoms with Crippen molar-refractivity contribution in [1.29, 1.82) is 0 Å². The Hall–Kier alpha value is -1.99. The molecule has 0 N–H and O–H groups in total. The van der Waals surface area contributed by atoms with Crippen LogP contribution >= 0.6 is 11.8 Å². The summed E-state index contributed by atoms with van der Waals surface area (Å²) in [5.41, 5.74) is 7.19. The van der Waals surface area contributed by atoms with Crippen LogP contribution in [0.2, 0.25) is 0 Å². The standard InChI is InChI=1S/C24H24S/c1-3-6-18-9-11-19(12-10-18)17(2)20-13-14-24-22(15-20)16-21-7-4-5-8-23(21)25-24/h4-5,7-15,17H,3,6,16H2,1-2H3. The molecule has 126 valence electrons. The van der Waals surface area contributed by atoms with Gasteiger partial charge in [0, 0.05) is 15.7 Å². The number of fused-ring (bicyclic) bond motifs is 2. The van der Waals surface area contributed by atoms with Gasteiger partial charge in [-0.25, -0.2) is 0 Å². The summed E-state index contributed by atoms with van der Waals surface area (Å²) in [7, 11) is 0. The zero-order valence-corrected chi connectivity index (χ0v) is 15.8. The summed E-state index contributed by atoms with van der Waals surface area (Å²) in [5.74, 6) is 0.433. The van der Waals surface area contributed by atoms with Crippen LogP contribution in [0.15, 0.2) is 76.5 Å². The predicted molar refractivity (Wildman–Crippen MR) is 108 cm³/mol. The lowest BCUT2D eigenvalue weighted by molar-refractivity contribution is 0.895. The van der Waals surface area contributed by atoms with Gasteiger partial charge in [0.1, 0.15) is 0 Å². The van der Waals surface area contributed by atoms with Crippen LogP contribution in [0.4, 0.5) is 0 Å². The van der Waals surface area contributed by atoms with Gasteiger partial charge < -0.3 is 0 Å². The topological polar surface area (TPSA) is 0 Å². The molecule has 1 atom stereocenters. The van der Waals surface area contributed by atoms with E-state index >= 15 is 0 Å². The summed E-state index contributed by atoms with van der Waals surface area (Å²) in [6.07, 6.45) is 3.43. The summed E-state index contributed by atoms with van der Waals surface area (Å²) in [6.45, 7) is 4.56. The van der Waals surface area contributed by atoms with Crippen LogP contribution in [0.5, 0.6) is 0 Å². The van der Waals surface area contributed by atoms with Crippen LogP contribution in [0.1, 0.15) is 54.0 Å². The van der Waals surface area contributed by atoms with E-state index < -0.39 is 0 Å². The minimum Gasteiger partial charge on any atom is -0.0895 e. The van der Waals surface area contributed by atoms with Crippen LogP contribution in [-0.4, -0.2) is 0 Å². The molecule has 1 aliphatic heterocycles. The maximum atomic E-state index is 2.42. The number of benzene rings is 3. The van der Waals surface area contributed by atoms with Gasteiger partial charge in [0.25, 0.3) is 0 Å². The van der Waals surface area contributed by atoms with Crippen molar-refractivity contribution in [3.8, 4) is 0 Å². The Morgan fingerprint density at radius 2 is 1.56 bits per heavy atom. The molecule has 0 spiro atoms. The van der Waals surface area contributed by atoms with Gasteiger partial charge in [0.2, 0.25) is 0 Å². The van der Waals surface area contributed by atoms with Crippen LogP contribution in [0.3, 0.4) is 0 Å². The van der Waals surface area contributed by atoms with Crippen molar-refractivity contribution in [3.63, 3.8) is 0 Å². The molecule has 0 aliphatic carbocycles. The van der Waals surface area contributed by atoms with E-state index in [0.717, 1.165) is 6.42 Å². The maximum Gasteiger partial charge on any atom is 0.0158 e. The summed E-state index contributed by atoms with van der Waals surface area (Å²) in [4.78, 5) is 2.82. The molecule has 0 nitrogen and oxygen atoms in total. The molecule has 25 heavy (non-hydrogen) atoms. The smallest absolute Gasteiger partial charge is 0.0158 e. The molecular weight excluding hydrogens is 320 g/mol. The lowest BCUT2D eigenvalue weighted by Gasteiger charge is -2.21. The molecule has 1 aliphatic rings. The lowest BCUT2D eigenvalue weighted by Crippen LogP contribution is -2.03. The average Bonchev–Trinajstić information content (AvgIpc) is 2.66. The van der Waals surface area contributed by atoms with Gasteiger partial charge in [-0.15, -0.1) is 0 Å². The fraction of sp³-hybridized carbons (Fsp3) is 0.250. The predicted octanol–water partition coefficient (Wildman–Crippen LogP) is 6.85.